The minimum Gasteiger partial charge on any atom is -0.361 e. The molecule has 0 fully saturated rings. The average Bonchev–Trinajstić information content (AvgIpc) is 2.35. The second-order valence-electron chi connectivity index (χ2n) is 3.99. The summed E-state index contributed by atoms with van der Waals surface area (Å²) in [6.07, 6.45) is 5.36. The summed E-state index contributed by atoms with van der Waals surface area (Å²) in [7, 11) is 0. The fraction of sp³-hybridized carbons (Fsp3) is 0.143. The van der Waals surface area contributed by atoms with Crippen LogP contribution in [0.1, 0.15) is 12.5 Å². The van der Waals surface area contributed by atoms with E-state index < -0.39 is 0 Å². The van der Waals surface area contributed by atoms with E-state index in [9.17, 15) is 9.59 Å². The van der Waals surface area contributed by atoms with Crippen molar-refractivity contribution in [2.24, 2.45) is 0 Å². The summed E-state index contributed by atoms with van der Waals surface area (Å²) in [5, 5.41) is 3.34. The van der Waals surface area contributed by atoms with Crippen molar-refractivity contribution in [2.45, 2.75) is 6.92 Å². The summed E-state index contributed by atoms with van der Waals surface area (Å²) in [4.78, 5) is 25.4. The first-order chi connectivity index (χ1) is 8.66. The minimum absolute atomic E-state index is 0.000797. The Balaban J connectivity index is 2.22. The molecule has 0 aliphatic heterocycles. The molecule has 0 bridgehead atoms. The maximum absolute atomic E-state index is 11.6. The Bertz CT molecular complexity index is 656. The van der Waals surface area contributed by atoms with E-state index in [0.29, 0.717) is 11.9 Å². The van der Waals surface area contributed by atoms with Gasteiger partial charge < -0.3 is 10.3 Å². The summed E-state index contributed by atoms with van der Waals surface area (Å²) >= 11 is 0. The lowest BCUT2D eigenvalue weighted by Crippen LogP contribution is -2.19. The Morgan fingerprint density at radius 3 is 3.00 bits per heavy atom. The molecule has 1 aromatic carbocycles. The second-order valence-corrected chi connectivity index (χ2v) is 3.99. The maximum atomic E-state index is 11.6. The standard InChI is InChI=1S/C14H14N2O2/c1-10(17)15-7-2-3-11-4-5-13-12(9-11)14(18)6-8-16-13/h2-6,8-9H,7H2,1H3,(H,15,17)(H,16,18). The fourth-order valence-electron chi connectivity index (χ4n) is 1.69. The third-order valence-corrected chi connectivity index (χ3v) is 2.56. The van der Waals surface area contributed by atoms with Crippen LogP contribution in [0.4, 0.5) is 0 Å². The predicted octanol–water partition coefficient (Wildman–Crippen LogP) is 1.68. The topological polar surface area (TPSA) is 62.0 Å². The zero-order chi connectivity index (χ0) is 13.0. The Labute approximate surface area is 104 Å². The molecule has 0 unspecified atom stereocenters. The number of amides is 1. The van der Waals surface area contributed by atoms with Gasteiger partial charge in [0.1, 0.15) is 0 Å². The van der Waals surface area contributed by atoms with Crippen LogP contribution in [0.25, 0.3) is 17.0 Å². The predicted molar refractivity (Wildman–Crippen MR) is 72.3 cm³/mol. The van der Waals surface area contributed by atoms with Gasteiger partial charge >= 0.3 is 0 Å². The number of fused-ring (bicyclic) bond motifs is 1. The number of pyridine rings is 1. The zero-order valence-corrected chi connectivity index (χ0v) is 10.1. The lowest BCUT2D eigenvalue weighted by molar-refractivity contribution is -0.118. The number of rotatable bonds is 3. The smallest absolute Gasteiger partial charge is 0.217 e. The van der Waals surface area contributed by atoms with Crippen LogP contribution in [0.5, 0.6) is 0 Å². The molecule has 18 heavy (non-hydrogen) atoms. The Morgan fingerprint density at radius 2 is 2.22 bits per heavy atom. The quantitative estimate of drug-likeness (QED) is 0.860. The molecule has 92 valence electrons. The highest BCUT2D eigenvalue weighted by atomic mass is 16.1. The molecule has 0 aliphatic carbocycles. The molecule has 0 atom stereocenters. The van der Waals surface area contributed by atoms with E-state index >= 15 is 0 Å². The lowest BCUT2D eigenvalue weighted by atomic mass is 10.1. The zero-order valence-electron chi connectivity index (χ0n) is 10.1. The number of carbonyl (C=O) groups excluding carboxylic acids is 1. The molecule has 2 rings (SSSR count). The molecule has 2 aromatic rings. The Hall–Kier alpha value is -2.36. The van der Waals surface area contributed by atoms with E-state index in [-0.39, 0.29) is 11.3 Å². The summed E-state index contributed by atoms with van der Waals surface area (Å²) in [6.45, 7) is 1.96. The van der Waals surface area contributed by atoms with Gasteiger partial charge in [-0.3, -0.25) is 9.59 Å². The van der Waals surface area contributed by atoms with Crippen molar-refractivity contribution >= 4 is 22.9 Å². The number of hydrogen-bond donors (Lipinski definition) is 2. The summed E-state index contributed by atoms with van der Waals surface area (Å²) in [6, 6.07) is 7.13. The first-order valence-electron chi connectivity index (χ1n) is 5.69. The van der Waals surface area contributed by atoms with Crippen LogP contribution in [0.15, 0.2) is 41.3 Å². The summed E-state index contributed by atoms with van der Waals surface area (Å²) in [5.41, 5.74) is 1.76. The number of nitrogens with one attached hydrogen (secondary N) is 2. The lowest BCUT2D eigenvalue weighted by Gasteiger charge is -1.99. The molecule has 0 saturated heterocycles. The van der Waals surface area contributed by atoms with Gasteiger partial charge in [-0.25, -0.2) is 0 Å². The number of benzene rings is 1. The molecular formula is C14H14N2O2. The third kappa shape index (κ3) is 2.85. The fourth-order valence-corrected chi connectivity index (χ4v) is 1.69. The monoisotopic (exact) mass is 242 g/mol. The SMILES string of the molecule is CC(=O)NCC=Cc1ccc2[nH]ccc(=O)c2c1. The third-order valence-electron chi connectivity index (χ3n) is 2.56. The van der Waals surface area contributed by atoms with Crippen LogP contribution in [0.3, 0.4) is 0 Å². The number of H-pyrrole nitrogens is 1. The molecule has 2 N–H and O–H groups in total. The summed E-state index contributed by atoms with van der Waals surface area (Å²) in [5.74, 6) is -0.0606. The second kappa shape index (κ2) is 5.31. The van der Waals surface area contributed by atoms with E-state index in [1.807, 2.05) is 30.4 Å². The molecule has 0 spiro atoms. The number of aromatic nitrogens is 1. The van der Waals surface area contributed by atoms with Crippen LogP contribution < -0.4 is 10.7 Å². The van der Waals surface area contributed by atoms with Crippen molar-refractivity contribution in [1.29, 1.82) is 0 Å². The van der Waals surface area contributed by atoms with Gasteiger partial charge in [-0.1, -0.05) is 18.2 Å². The highest BCUT2D eigenvalue weighted by Gasteiger charge is 1.97. The molecule has 4 nitrogen and oxygen atoms in total. The molecule has 0 radical (unpaired) electrons. The number of aromatic amines is 1. The van der Waals surface area contributed by atoms with Crippen molar-refractivity contribution in [3.05, 3.63) is 52.3 Å². The van der Waals surface area contributed by atoms with Crippen molar-refractivity contribution in [2.75, 3.05) is 6.54 Å². The van der Waals surface area contributed by atoms with E-state index in [2.05, 4.69) is 10.3 Å². The van der Waals surface area contributed by atoms with Crippen LogP contribution >= 0.6 is 0 Å². The Kier molecular flexibility index (Phi) is 3.57. The van der Waals surface area contributed by atoms with E-state index in [1.165, 1.54) is 13.0 Å². The number of hydrogen-bond acceptors (Lipinski definition) is 2. The van der Waals surface area contributed by atoms with Gasteiger partial charge in [-0.2, -0.15) is 0 Å². The number of carbonyl (C=O) groups is 1. The maximum Gasteiger partial charge on any atom is 0.217 e. The van der Waals surface area contributed by atoms with Crippen molar-refractivity contribution in [3.63, 3.8) is 0 Å². The van der Waals surface area contributed by atoms with Gasteiger partial charge in [-0.05, 0) is 17.7 Å². The van der Waals surface area contributed by atoms with Crippen molar-refractivity contribution in [3.8, 4) is 0 Å². The van der Waals surface area contributed by atoms with Gasteiger partial charge in [0.2, 0.25) is 5.91 Å². The normalized spacial score (nSPS) is 10.9. The molecule has 1 aromatic heterocycles. The van der Waals surface area contributed by atoms with Gasteiger partial charge in [-0.15, -0.1) is 0 Å². The van der Waals surface area contributed by atoms with E-state index in [1.54, 1.807) is 6.20 Å². The van der Waals surface area contributed by atoms with Crippen molar-refractivity contribution < 1.29 is 4.79 Å². The largest absolute Gasteiger partial charge is 0.361 e. The molecule has 0 aliphatic rings. The summed E-state index contributed by atoms with van der Waals surface area (Å²) < 4.78 is 0. The van der Waals surface area contributed by atoms with Crippen LogP contribution in [0, 0.1) is 0 Å². The van der Waals surface area contributed by atoms with E-state index in [0.717, 1.165) is 11.1 Å². The van der Waals surface area contributed by atoms with Gasteiger partial charge in [0.05, 0.1) is 0 Å². The Morgan fingerprint density at radius 1 is 1.39 bits per heavy atom. The van der Waals surface area contributed by atoms with Gasteiger partial charge in [0.25, 0.3) is 0 Å². The first kappa shape index (κ1) is 12.1. The van der Waals surface area contributed by atoms with Crippen LogP contribution in [0.2, 0.25) is 0 Å². The van der Waals surface area contributed by atoms with Crippen molar-refractivity contribution in [1.82, 2.24) is 10.3 Å². The molecule has 0 saturated carbocycles. The first-order valence-corrected chi connectivity index (χ1v) is 5.69. The molecule has 1 heterocycles. The highest BCUT2D eigenvalue weighted by Crippen LogP contribution is 2.11. The van der Waals surface area contributed by atoms with E-state index in [4.69, 9.17) is 0 Å². The molecular weight excluding hydrogens is 228 g/mol. The van der Waals surface area contributed by atoms with Gasteiger partial charge in [0, 0.05) is 36.6 Å². The average molecular weight is 242 g/mol. The van der Waals surface area contributed by atoms with Gasteiger partial charge in [0.15, 0.2) is 5.43 Å². The van der Waals surface area contributed by atoms with Crippen LogP contribution in [-0.2, 0) is 4.79 Å². The molecule has 1 amide bonds. The highest BCUT2D eigenvalue weighted by molar-refractivity contribution is 5.81. The minimum atomic E-state index is -0.0606. The molecule has 4 heteroatoms. The van der Waals surface area contributed by atoms with Crippen LogP contribution in [-0.4, -0.2) is 17.4 Å².